The van der Waals surface area contributed by atoms with Gasteiger partial charge in [0.25, 0.3) is 0 Å². The molecule has 2 heterocycles. The topological polar surface area (TPSA) is 93.7 Å². The van der Waals surface area contributed by atoms with Crippen LogP contribution >= 0.6 is 0 Å². The highest BCUT2D eigenvalue weighted by molar-refractivity contribution is 5.98. The lowest BCUT2D eigenvalue weighted by molar-refractivity contribution is -0.136. The molecule has 0 fully saturated rings. The van der Waals surface area contributed by atoms with Crippen LogP contribution in [0.2, 0.25) is 0 Å². The maximum Gasteiger partial charge on any atom is 0.305 e. The Morgan fingerprint density at radius 3 is 2.44 bits per heavy atom. The largest absolute Gasteiger partial charge is 0.497 e. The average Bonchev–Trinajstić information content (AvgIpc) is 3.26. The average molecular weight is 368 g/mol. The molecular weight excluding hydrogens is 348 g/mol. The highest BCUT2D eigenvalue weighted by atomic mass is 16.5. The second-order valence-electron chi connectivity index (χ2n) is 6.02. The van der Waals surface area contributed by atoms with Gasteiger partial charge in [0.05, 0.1) is 19.2 Å². The first kappa shape index (κ1) is 18.3. The van der Waals surface area contributed by atoms with E-state index < -0.39 is 11.9 Å². The maximum absolute atomic E-state index is 12.5. The number of carboxylic acids is 1. The zero-order valence-electron chi connectivity index (χ0n) is 15.1. The van der Waals surface area contributed by atoms with Gasteiger partial charge >= 0.3 is 11.9 Å². The minimum absolute atomic E-state index is 0.0399. The SMILES string of the molecule is COc1ccc(-c2ccc(CCC(=O)O)n2NC(=O)c2ccc(C)o2)cc1. The van der Waals surface area contributed by atoms with Gasteiger partial charge in [-0.3, -0.25) is 19.7 Å². The fourth-order valence-corrected chi connectivity index (χ4v) is 2.74. The lowest BCUT2D eigenvalue weighted by atomic mass is 10.1. The Hall–Kier alpha value is -3.48. The van der Waals surface area contributed by atoms with Crippen molar-refractivity contribution in [1.82, 2.24) is 4.68 Å². The number of aromatic nitrogens is 1. The lowest BCUT2D eigenvalue weighted by Crippen LogP contribution is -2.25. The van der Waals surface area contributed by atoms with Crippen LogP contribution in [0.1, 0.15) is 28.4 Å². The molecule has 7 heteroatoms. The fourth-order valence-electron chi connectivity index (χ4n) is 2.74. The number of carbonyl (C=O) groups excluding carboxylic acids is 1. The molecule has 0 aliphatic rings. The standard InChI is InChI=1S/C20H20N2O5/c1-13-3-11-18(27-13)20(25)21-22-15(7-12-19(23)24)6-10-17(22)14-4-8-16(26-2)9-5-14/h3-6,8-11H,7,12H2,1-2H3,(H,21,25)(H,23,24). The van der Waals surface area contributed by atoms with E-state index in [0.717, 1.165) is 17.0 Å². The number of carbonyl (C=O) groups is 2. The Kier molecular flexibility index (Phi) is 5.30. The molecule has 0 aliphatic heterocycles. The van der Waals surface area contributed by atoms with Crippen LogP contribution in [0.15, 0.2) is 52.9 Å². The molecule has 0 bridgehead atoms. The summed E-state index contributed by atoms with van der Waals surface area (Å²) in [5.41, 5.74) is 5.07. The zero-order valence-corrected chi connectivity index (χ0v) is 15.1. The summed E-state index contributed by atoms with van der Waals surface area (Å²) in [5, 5.41) is 8.98. The van der Waals surface area contributed by atoms with Crippen molar-refractivity contribution in [3.8, 4) is 17.0 Å². The molecule has 2 N–H and O–H groups in total. The summed E-state index contributed by atoms with van der Waals surface area (Å²) in [4.78, 5) is 23.5. The van der Waals surface area contributed by atoms with Crippen molar-refractivity contribution >= 4 is 11.9 Å². The number of amides is 1. The first-order valence-electron chi connectivity index (χ1n) is 8.42. The van der Waals surface area contributed by atoms with Crippen LogP contribution in [0.25, 0.3) is 11.3 Å². The summed E-state index contributed by atoms with van der Waals surface area (Å²) in [6.45, 7) is 1.76. The molecular formula is C20H20N2O5. The number of methoxy groups -OCH3 is 1. The Labute approximate surface area is 156 Å². The molecule has 2 aromatic heterocycles. The Morgan fingerprint density at radius 2 is 1.85 bits per heavy atom. The zero-order chi connectivity index (χ0) is 19.4. The van der Waals surface area contributed by atoms with Gasteiger partial charge in [-0.15, -0.1) is 0 Å². The van der Waals surface area contributed by atoms with Crippen molar-refractivity contribution < 1.29 is 23.8 Å². The van der Waals surface area contributed by atoms with E-state index in [0.29, 0.717) is 11.5 Å². The first-order chi connectivity index (χ1) is 13.0. The molecule has 3 rings (SSSR count). The third kappa shape index (κ3) is 4.20. The summed E-state index contributed by atoms with van der Waals surface area (Å²) >= 11 is 0. The van der Waals surface area contributed by atoms with E-state index in [2.05, 4.69) is 5.43 Å². The first-order valence-corrected chi connectivity index (χ1v) is 8.42. The van der Waals surface area contributed by atoms with Crippen LogP contribution in [0.3, 0.4) is 0 Å². The molecule has 1 aromatic carbocycles. The number of aliphatic carboxylic acids is 1. The highest BCUT2D eigenvalue weighted by Crippen LogP contribution is 2.25. The molecule has 0 unspecified atom stereocenters. The van der Waals surface area contributed by atoms with Gasteiger partial charge in [-0.1, -0.05) is 0 Å². The Bertz CT molecular complexity index is 953. The van der Waals surface area contributed by atoms with Crippen molar-refractivity contribution in [3.05, 3.63) is 65.7 Å². The van der Waals surface area contributed by atoms with Crippen LogP contribution in [-0.4, -0.2) is 28.8 Å². The van der Waals surface area contributed by atoms with Gasteiger partial charge in [-0.05, 0) is 55.5 Å². The molecule has 0 radical (unpaired) electrons. The number of ether oxygens (including phenoxy) is 1. The number of aryl methyl sites for hydroxylation is 2. The number of rotatable bonds is 7. The van der Waals surface area contributed by atoms with E-state index in [-0.39, 0.29) is 18.6 Å². The highest BCUT2D eigenvalue weighted by Gasteiger charge is 2.16. The maximum atomic E-state index is 12.5. The van der Waals surface area contributed by atoms with E-state index >= 15 is 0 Å². The molecule has 0 saturated heterocycles. The van der Waals surface area contributed by atoms with Crippen LogP contribution in [0, 0.1) is 6.92 Å². The molecule has 0 saturated carbocycles. The van der Waals surface area contributed by atoms with Crippen molar-refractivity contribution in [3.63, 3.8) is 0 Å². The predicted octanol–water partition coefficient (Wildman–Crippen LogP) is 3.47. The number of nitrogens with zero attached hydrogens (tertiary/aromatic N) is 1. The summed E-state index contributed by atoms with van der Waals surface area (Å²) in [5.74, 6) is 0.227. The Balaban J connectivity index is 1.94. The minimum atomic E-state index is -0.901. The van der Waals surface area contributed by atoms with Crippen LogP contribution in [-0.2, 0) is 11.2 Å². The third-order valence-electron chi connectivity index (χ3n) is 4.12. The van der Waals surface area contributed by atoms with E-state index in [1.165, 1.54) is 0 Å². The van der Waals surface area contributed by atoms with Crippen molar-refractivity contribution in [1.29, 1.82) is 0 Å². The van der Waals surface area contributed by atoms with E-state index in [4.69, 9.17) is 14.3 Å². The van der Waals surface area contributed by atoms with Gasteiger partial charge in [-0.2, -0.15) is 0 Å². The minimum Gasteiger partial charge on any atom is -0.497 e. The summed E-state index contributed by atoms with van der Waals surface area (Å²) in [7, 11) is 1.59. The number of benzene rings is 1. The number of hydrogen-bond acceptors (Lipinski definition) is 4. The quantitative estimate of drug-likeness (QED) is 0.666. The van der Waals surface area contributed by atoms with E-state index in [1.807, 2.05) is 30.3 Å². The molecule has 3 aromatic rings. The number of nitrogens with one attached hydrogen (secondary N) is 1. The summed E-state index contributed by atoms with van der Waals surface area (Å²) in [6, 6.07) is 14.3. The monoisotopic (exact) mass is 368 g/mol. The normalized spacial score (nSPS) is 10.6. The van der Waals surface area contributed by atoms with Gasteiger partial charge in [0, 0.05) is 17.7 Å². The second kappa shape index (κ2) is 7.82. The van der Waals surface area contributed by atoms with E-state index in [1.54, 1.807) is 36.9 Å². The molecule has 27 heavy (non-hydrogen) atoms. The fraction of sp³-hybridized carbons (Fsp3) is 0.200. The summed E-state index contributed by atoms with van der Waals surface area (Å²) in [6.07, 6.45) is 0.241. The van der Waals surface area contributed by atoms with Gasteiger partial charge in [-0.25, -0.2) is 0 Å². The number of furan rings is 1. The van der Waals surface area contributed by atoms with Gasteiger partial charge in [0.2, 0.25) is 0 Å². The van der Waals surface area contributed by atoms with Crippen molar-refractivity contribution in [2.75, 3.05) is 12.5 Å². The third-order valence-corrected chi connectivity index (χ3v) is 4.12. The predicted molar refractivity (Wildman–Crippen MR) is 99.5 cm³/mol. The Morgan fingerprint density at radius 1 is 1.11 bits per heavy atom. The van der Waals surface area contributed by atoms with Gasteiger partial charge in [0.15, 0.2) is 5.76 Å². The second-order valence-corrected chi connectivity index (χ2v) is 6.02. The molecule has 1 amide bonds. The van der Waals surface area contributed by atoms with Gasteiger partial charge < -0.3 is 14.3 Å². The van der Waals surface area contributed by atoms with Crippen LogP contribution in [0.5, 0.6) is 5.75 Å². The molecule has 0 atom stereocenters. The number of hydrogen-bond donors (Lipinski definition) is 2. The molecule has 0 aliphatic carbocycles. The molecule has 7 nitrogen and oxygen atoms in total. The van der Waals surface area contributed by atoms with Gasteiger partial charge in [0.1, 0.15) is 11.5 Å². The summed E-state index contributed by atoms with van der Waals surface area (Å²) < 4.78 is 12.2. The van der Waals surface area contributed by atoms with Crippen molar-refractivity contribution in [2.24, 2.45) is 0 Å². The van der Waals surface area contributed by atoms with Crippen molar-refractivity contribution in [2.45, 2.75) is 19.8 Å². The molecule has 0 spiro atoms. The lowest BCUT2D eigenvalue weighted by Gasteiger charge is -2.14. The van der Waals surface area contributed by atoms with E-state index in [9.17, 15) is 9.59 Å². The van der Waals surface area contributed by atoms with Crippen LogP contribution < -0.4 is 10.2 Å². The molecule has 140 valence electrons. The number of carboxylic acid groups (broad SMARTS) is 1. The van der Waals surface area contributed by atoms with Crippen LogP contribution in [0.4, 0.5) is 0 Å². The smallest absolute Gasteiger partial charge is 0.305 e.